The third-order valence-electron chi connectivity index (χ3n) is 2.96. The van der Waals surface area contributed by atoms with Gasteiger partial charge in [0.25, 0.3) is 0 Å². The topological polar surface area (TPSA) is 32.9 Å². The minimum Gasteiger partial charge on any atom is -0.358 e. The predicted molar refractivity (Wildman–Crippen MR) is 63.3 cm³/mol. The summed E-state index contributed by atoms with van der Waals surface area (Å²) in [6.07, 6.45) is 2.64. The molecule has 1 heterocycles. The Kier molecular flexibility index (Phi) is 1.96. The van der Waals surface area contributed by atoms with Crippen molar-refractivity contribution < 1.29 is 4.79 Å². The van der Waals surface area contributed by atoms with E-state index in [1.54, 1.807) is 0 Å². The van der Waals surface area contributed by atoms with E-state index >= 15 is 0 Å². The van der Waals surface area contributed by atoms with E-state index in [0.717, 1.165) is 39.5 Å². The highest BCUT2D eigenvalue weighted by molar-refractivity contribution is 9.10. The number of carbonyl (C=O) groups is 1. The first-order valence-corrected chi connectivity index (χ1v) is 5.89. The van der Waals surface area contributed by atoms with E-state index in [2.05, 4.69) is 20.9 Å². The maximum Gasteiger partial charge on any atom is 0.165 e. The molecule has 0 unspecified atom stereocenters. The van der Waals surface area contributed by atoms with Gasteiger partial charge in [-0.05, 0) is 25.0 Å². The Hall–Kier alpha value is -1.09. The fourth-order valence-electron chi connectivity index (χ4n) is 2.30. The minimum atomic E-state index is 0.273. The van der Waals surface area contributed by atoms with Gasteiger partial charge in [-0.3, -0.25) is 4.79 Å². The molecular weight excluding hydrogens is 254 g/mol. The lowest BCUT2D eigenvalue weighted by Gasteiger charge is -2.09. The Bertz CT molecular complexity index is 556. The van der Waals surface area contributed by atoms with Gasteiger partial charge >= 0.3 is 0 Å². The number of hydrogen-bond acceptors (Lipinski definition) is 1. The molecule has 3 heteroatoms. The average Bonchev–Trinajstić information content (AvgIpc) is 2.58. The fourth-order valence-corrected chi connectivity index (χ4v) is 2.87. The normalized spacial score (nSPS) is 15.7. The van der Waals surface area contributed by atoms with Crippen LogP contribution in [0.1, 0.15) is 28.9 Å². The van der Waals surface area contributed by atoms with E-state index in [9.17, 15) is 4.79 Å². The summed E-state index contributed by atoms with van der Waals surface area (Å²) in [5.74, 6) is 0.273. The number of aromatic amines is 1. The number of ketones is 1. The molecular formula is C12H10BrNO. The van der Waals surface area contributed by atoms with Crippen molar-refractivity contribution >= 4 is 32.6 Å². The van der Waals surface area contributed by atoms with Gasteiger partial charge in [0.1, 0.15) is 0 Å². The number of aromatic nitrogens is 1. The Morgan fingerprint density at radius 1 is 1.27 bits per heavy atom. The van der Waals surface area contributed by atoms with Crippen LogP contribution >= 0.6 is 15.9 Å². The largest absolute Gasteiger partial charge is 0.358 e. The maximum atomic E-state index is 11.9. The summed E-state index contributed by atoms with van der Waals surface area (Å²) < 4.78 is 1.01. The first-order valence-electron chi connectivity index (χ1n) is 5.09. The molecule has 0 saturated heterocycles. The monoisotopic (exact) mass is 263 g/mol. The summed E-state index contributed by atoms with van der Waals surface area (Å²) in [7, 11) is 0. The van der Waals surface area contributed by atoms with Crippen LogP contribution in [0.25, 0.3) is 10.9 Å². The molecule has 0 fully saturated rings. The highest BCUT2D eigenvalue weighted by Crippen LogP contribution is 2.33. The molecule has 1 aromatic heterocycles. The number of hydrogen-bond donors (Lipinski definition) is 1. The van der Waals surface area contributed by atoms with Crippen LogP contribution in [0.5, 0.6) is 0 Å². The number of benzene rings is 1. The van der Waals surface area contributed by atoms with Gasteiger partial charge in [0.05, 0.1) is 0 Å². The molecule has 15 heavy (non-hydrogen) atoms. The summed E-state index contributed by atoms with van der Waals surface area (Å²) in [5.41, 5.74) is 3.07. The van der Waals surface area contributed by atoms with Crippen LogP contribution in [-0.4, -0.2) is 10.8 Å². The lowest BCUT2D eigenvalue weighted by atomic mass is 9.94. The number of carbonyl (C=O) groups excluding carboxylic acids is 1. The van der Waals surface area contributed by atoms with Crippen molar-refractivity contribution in [3.05, 3.63) is 33.9 Å². The summed E-state index contributed by atoms with van der Waals surface area (Å²) in [6.45, 7) is 0. The molecule has 1 N–H and O–H groups in total. The standard InChI is InChI=1S/C12H10BrNO/c13-7-3-1-4-8-11(7)12-9(14-8)5-2-6-10(12)15/h1,3-4,14H,2,5-6H2. The second-order valence-electron chi connectivity index (χ2n) is 3.92. The lowest BCUT2D eigenvalue weighted by Crippen LogP contribution is -2.09. The van der Waals surface area contributed by atoms with Crippen molar-refractivity contribution in [1.29, 1.82) is 0 Å². The van der Waals surface area contributed by atoms with E-state index in [-0.39, 0.29) is 5.78 Å². The van der Waals surface area contributed by atoms with Crippen LogP contribution in [0.2, 0.25) is 0 Å². The zero-order chi connectivity index (χ0) is 10.4. The molecule has 0 radical (unpaired) electrons. The van der Waals surface area contributed by atoms with Crippen LogP contribution in [0.15, 0.2) is 22.7 Å². The molecule has 0 bridgehead atoms. The number of aryl methyl sites for hydroxylation is 1. The molecule has 76 valence electrons. The molecule has 2 aromatic rings. The fraction of sp³-hybridized carbons (Fsp3) is 0.250. The molecule has 0 saturated carbocycles. The SMILES string of the molecule is O=C1CCCc2[nH]c3cccc(Br)c3c21. The first-order chi connectivity index (χ1) is 7.27. The van der Waals surface area contributed by atoms with Crippen LogP contribution in [0.4, 0.5) is 0 Å². The highest BCUT2D eigenvalue weighted by Gasteiger charge is 2.23. The first kappa shape index (κ1) is 9.16. The van der Waals surface area contributed by atoms with E-state index in [1.807, 2.05) is 18.2 Å². The van der Waals surface area contributed by atoms with Crippen molar-refractivity contribution in [3.8, 4) is 0 Å². The predicted octanol–water partition coefficient (Wildman–Crippen LogP) is 3.45. The second-order valence-corrected chi connectivity index (χ2v) is 4.77. The molecule has 1 aromatic carbocycles. The van der Waals surface area contributed by atoms with Crippen molar-refractivity contribution in [2.45, 2.75) is 19.3 Å². The Labute approximate surface area is 95.8 Å². The third-order valence-corrected chi connectivity index (χ3v) is 3.62. The van der Waals surface area contributed by atoms with Gasteiger partial charge in [0, 0.05) is 33.1 Å². The van der Waals surface area contributed by atoms with Gasteiger partial charge in [-0.25, -0.2) is 0 Å². The van der Waals surface area contributed by atoms with Crippen molar-refractivity contribution in [2.75, 3.05) is 0 Å². The van der Waals surface area contributed by atoms with Gasteiger partial charge in [-0.2, -0.15) is 0 Å². The molecule has 2 nitrogen and oxygen atoms in total. The van der Waals surface area contributed by atoms with E-state index in [0.29, 0.717) is 6.42 Å². The maximum absolute atomic E-state index is 11.9. The molecule has 3 rings (SSSR count). The van der Waals surface area contributed by atoms with Crippen LogP contribution in [0, 0.1) is 0 Å². The van der Waals surface area contributed by atoms with Gasteiger partial charge in [-0.15, -0.1) is 0 Å². The summed E-state index contributed by atoms with van der Waals surface area (Å²) in [6, 6.07) is 5.99. The van der Waals surface area contributed by atoms with Gasteiger partial charge in [0.15, 0.2) is 5.78 Å². The number of fused-ring (bicyclic) bond motifs is 3. The molecule has 1 aliphatic rings. The van der Waals surface area contributed by atoms with E-state index in [4.69, 9.17) is 0 Å². The number of Topliss-reactive ketones (excluding diaryl/α,β-unsaturated/α-hetero) is 1. The van der Waals surface area contributed by atoms with E-state index < -0.39 is 0 Å². The minimum absolute atomic E-state index is 0.273. The lowest BCUT2D eigenvalue weighted by molar-refractivity contribution is 0.0974. The molecule has 0 amide bonds. The zero-order valence-electron chi connectivity index (χ0n) is 8.14. The summed E-state index contributed by atoms with van der Waals surface area (Å²) in [4.78, 5) is 15.2. The summed E-state index contributed by atoms with van der Waals surface area (Å²) >= 11 is 3.51. The van der Waals surface area contributed by atoms with Crippen molar-refractivity contribution in [2.24, 2.45) is 0 Å². The number of rotatable bonds is 0. The van der Waals surface area contributed by atoms with Crippen LogP contribution in [0.3, 0.4) is 0 Å². The summed E-state index contributed by atoms with van der Waals surface area (Å²) in [5, 5.41) is 1.05. The highest BCUT2D eigenvalue weighted by atomic mass is 79.9. The number of halogens is 1. The number of H-pyrrole nitrogens is 1. The second kappa shape index (κ2) is 3.20. The smallest absolute Gasteiger partial charge is 0.165 e. The Morgan fingerprint density at radius 2 is 2.13 bits per heavy atom. The quantitative estimate of drug-likeness (QED) is 0.776. The Balaban J connectivity index is 2.44. The average molecular weight is 264 g/mol. The third kappa shape index (κ3) is 1.26. The molecule has 0 spiro atoms. The van der Waals surface area contributed by atoms with Gasteiger partial charge in [-0.1, -0.05) is 22.0 Å². The van der Waals surface area contributed by atoms with Crippen molar-refractivity contribution in [1.82, 2.24) is 4.98 Å². The zero-order valence-corrected chi connectivity index (χ0v) is 9.73. The molecule has 0 atom stereocenters. The Morgan fingerprint density at radius 3 is 3.00 bits per heavy atom. The van der Waals surface area contributed by atoms with Crippen molar-refractivity contribution in [3.63, 3.8) is 0 Å². The van der Waals surface area contributed by atoms with Gasteiger partial charge < -0.3 is 4.98 Å². The van der Waals surface area contributed by atoms with Gasteiger partial charge in [0.2, 0.25) is 0 Å². The van der Waals surface area contributed by atoms with Crippen LogP contribution in [-0.2, 0) is 6.42 Å². The number of nitrogens with one attached hydrogen (secondary N) is 1. The van der Waals surface area contributed by atoms with Crippen LogP contribution < -0.4 is 0 Å². The molecule has 0 aliphatic heterocycles. The van der Waals surface area contributed by atoms with E-state index in [1.165, 1.54) is 0 Å². The molecule has 1 aliphatic carbocycles.